The molecule has 2 aromatic heterocycles. The normalized spacial score (nSPS) is 10.2. The number of hydrogen-bond acceptors (Lipinski definition) is 8. The molecule has 0 fully saturated rings. The van der Waals surface area contributed by atoms with Crippen molar-refractivity contribution in [2.24, 2.45) is 0 Å². The van der Waals surface area contributed by atoms with Crippen LogP contribution in [-0.4, -0.2) is 38.6 Å². The molecule has 0 atom stereocenters. The smallest absolute Gasteiger partial charge is 0.322 e. The molecule has 0 spiro atoms. The van der Waals surface area contributed by atoms with E-state index in [4.69, 9.17) is 4.74 Å². The Morgan fingerprint density at radius 1 is 1.10 bits per heavy atom. The van der Waals surface area contributed by atoms with Crippen LogP contribution >= 0.6 is 0 Å². The van der Waals surface area contributed by atoms with Crippen molar-refractivity contribution in [2.75, 3.05) is 24.3 Å². The van der Waals surface area contributed by atoms with Crippen LogP contribution in [0.3, 0.4) is 0 Å². The minimum absolute atomic E-state index is 0.261. The first-order valence-corrected chi connectivity index (χ1v) is 6.27. The van der Waals surface area contributed by atoms with Gasteiger partial charge in [0, 0.05) is 12.7 Å². The van der Waals surface area contributed by atoms with Crippen LogP contribution in [0.15, 0.2) is 12.3 Å². The van der Waals surface area contributed by atoms with Gasteiger partial charge in [-0.1, -0.05) is 0 Å². The molecule has 106 valence electrons. The van der Waals surface area contributed by atoms with E-state index in [9.17, 15) is 0 Å². The lowest BCUT2D eigenvalue weighted by atomic mass is 10.4. The Kier molecular flexibility index (Phi) is 4.59. The van der Waals surface area contributed by atoms with Crippen LogP contribution in [0.2, 0.25) is 0 Å². The van der Waals surface area contributed by atoms with Crippen LogP contribution in [0.25, 0.3) is 0 Å². The third-order valence-electron chi connectivity index (χ3n) is 2.39. The van der Waals surface area contributed by atoms with Crippen LogP contribution in [0.1, 0.15) is 18.4 Å². The zero-order valence-electron chi connectivity index (χ0n) is 11.7. The van der Waals surface area contributed by atoms with E-state index < -0.39 is 0 Å². The predicted octanol–water partition coefficient (Wildman–Crippen LogP) is 1.02. The maximum atomic E-state index is 5.05. The highest BCUT2D eigenvalue weighted by Crippen LogP contribution is 2.11. The molecule has 0 bridgehead atoms. The van der Waals surface area contributed by atoms with E-state index in [2.05, 4.69) is 35.6 Å². The summed E-state index contributed by atoms with van der Waals surface area (Å²) in [6.45, 7) is 5.03. The van der Waals surface area contributed by atoms with Gasteiger partial charge in [-0.15, -0.1) is 0 Å². The van der Waals surface area contributed by atoms with Crippen molar-refractivity contribution in [3.8, 4) is 6.01 Å². The first-order chi connectivity index (χ1) is 9.71. The number of hydrogen-bond donors (Lipinski definition) is 2. The summed E-state index contributed by atoms with van der Waals surface area (Å²) < 4.78 is 5.05. The first-order valence-electron chi connectivity index (χ1n) is 6.27. The van der Waals surface area contributed by atoms with E-state index in [1.54, 1.807) is 6.20 Å². The van der Waals surface area contributed by atoms with Crippen LogP contribution < -0.4 is 15.4 Å². The van der Waals surface area contributed by atoms with Gasteiger partial charge in [0.05, 0.1) is 19.3 Å². The molecule has 2 heterocycles. The second-order valence-electron chi connectivity index (χ2n) is 3.95. The maximum absolute atomic E-state index is 5.05. The highest BCUT2D eigenvalue weighted by molar-refractivity contribution is 5.36. The van der Waals surface area contributed by atoms with E-state index in [-0.39, 0.29) is 6.01 Å². The lowest BCUT2D eigenvalue weighted by molar-refractivity contribution is 0.379. The number of nitrogens with one attached hydrogen (secondary N) is 2. The standard InChI is InChI=1S/C12H17N7O/c1-4-13-10-17-11(19-12(18-10)20-3)15-7-9-5-6-14-8(2)16-9/h5-6H,4,7H2,1-3H3,(H2,13,15,17,18,19). The third kappa shape index (κ3) is 3.74. The second kappa shape index (κ2) is 6.60. The molecule has 0 aromatic carbocycles. The highest BCUT2D eigenvalue weighted by atomic mass is 16.5. The summed E-state index contributed by atoms with van der Waals surface area (Å²) in [5.41, 5.74) is 0.863. The summed E-state index contributed by atoms with van der Waals surface area (Å²) in [4.78, 5) is 20.8. The molecule has 0 aliphatic carbocycles. The maximum Gasteiger partial charge on any atom is 0.322 e. The van der Waals surface area contributed by atoms with Gasteiger partial charge in [-0.05, 0) is 19.9 Å². The zero-order valence-corrected chi connectivity index (χ0v) is 11.7. The van der Waals surface area contributed by atoms with Crippen molar-refractivity contribution in [3.63, 3.8) is 0 Å². The molecular weight excluding hydrogens is 258 g/mol. The number of aromatic nitrogens is 5. The summed E-state index contributed by atoms with van der Waals surface area (Å²) in [7, 11) is 1.52. The van der Waals surface area contributed by atoms with Crippen LogP contribution in [0.5, 0.6) is 6.01 Å². The van der Waals surface area contributed by atoms with Crippen molar-refractivity contribution in [1.82, 2.24) is 24.9 Å². The molecule has 0 saturated carbocycles. The molecule has 0 unspecified atom stereocenters. The second-order valence-corrected chi connectivity index (χ2v) is 3.95. The largest absolute Gasteiger partial charge is 0.467 e. The predicted molar refractivity (Wildman–Crippen MR) is 74.6 cm³/mol. The van der Waals surface area contributed by atoms with Gasteiger partial charge in [0.25, 0.3) is 0 Å². The van der Waals surface area contributed by atoms with E-state index in [0.717, 1.165) is 18.1 Å². The Morgan fingerprint density at radius 2 is 1.85 bits per heavy atom. The van der Waals surface area contributed by atoms with Crippen molar-refractivity contribution >= 4 is 11.9 Å². The lowest BCUT2D eigenvalue weighted by Gasteiger charge is -2.08. The minimum atomic E-state index is 0.261. The van der Waals surface area contributed by atoms with E-state index in [0.29, 0.717) is 18.4 Å². The minimum Gasteiger partial charge on any atom is -0.467 e. The highest BCUT2D eigenvalue weighted by Gasteiger charge is 2.06. The number of methoxy groups -OCH3 is 1. The molecule has 2 N–H and O–H groups in total. The van der Waals surface area contributed by atoms with Gasteiger partial charge in [0.2, 0.25) is 11.9 Å². The van der Waals surface area contributed by atoms with Gasteiger partial charge in [-0.3, -0.25) is 0 Å². The van der Waals surface area contributed by atoms with Crippen molar-refractivity contribution < 1.29 is 4.74 Å². The van der Waals surface area contributed by atoms with Gasteiger partial charge in [-0.2, -0.15) is 15.0 Å². The fourth-order valence-electron chi connectivity index (χ4n) is 1.54. The van der Waals surface area contributed by atoms with E-state index in [1.807, 2.05) is 19.9 Å². The van der Waals surface area contributed by atoms with Gasteiger partial charge >= 0.3 is 6.01 Å². The van der Waals surface area contributed by atoms with E-state index >= 15 is 0 Å². The SMILES string of the molecule is CCNc1nc(NCc2ccnc(C)n2)nc(OC)n1. The van der Waals surface area contributed by atoms with Gasteiger partial charge in [-0.25, -0.2) is 9.97 Å². The molecule has 0 saturated heterocycles. The van der Waals surface area contributed by atoms with Crippen molar-refractivity contribution in [3.05, 3.63) is 23.8 Å². The molecule has 0 amide bonds. The third-order valence-corrected chi connectivity index (χ3v) is 2.39. The Labute approximate surface area is 117 Å². The quantitative estimate of drug-likeness (QED) is 0.806. The fourth-order valence-corrected chi connectivity index (χ4v) is 1.54. The Morgan fingerprint density at radius 3 is 2.50 bits per heavy atom. The summed E-state index contributed by atoms with van der Waals surface area (Å²) in [5, 5.41) is 6.11. The number of aryl methyl sites for hydroxylation is 1. The first kappa shape index (κ1) is 13.9. The molecule has 2 aromatic rings. The molecular formula is C12H17N7O. The number of anilines is 2. The monoisotopic (exact) mass is 275 g/mol. The molecule has 20 heavy (non-hydrogen) atoms. The number of nitrogens with zero attached hydrogens (tertiary/aromatic N) is 5. The average molecular weight is 275 g/mol. The molecule has 0 radical (unpaired) electrons. The fraction of sp³-hybridized carbons (Fsp3) is 0.417. The van der Waals surface area contributed by atoms with Gasteiger partial charge in [0.15, 0.2) is 0 Å². The van der Waals surface area contributed by atoms with Crippen molar-refractivity contribution in [1.29, 1.82) is 0 Å². The van der Waals surface area contributed by atoms with Gasteiger partial charge < -0.3 is 15.4 Å². The average Bonchev–Trinajstić information content (AvgIpc) is 2.45. The summed E-state index contributed by atoms with van der Waals surface area (Å²) in [5.74, 6) is 1.63. The van der Waals surface area contributed by atoms with Crippen LogP contribution in [0.4, 0.5) is 11.9 Å². The van der Waals surface area contributed by atoms with E-state index in [1.165, 1.54) is 7.11 Å². The van der Waals surface area contributed by atoms with Crippen LogP contribution in [-0.2, 0) is 6.54 Å². The summed E-state index contributed by atoms with van der Waals surface area (Å²) >= 11 is 0. The summed E-state index contributed by atoms with van der Waals surface area (Å²) in [6.07, 6.45) is 1.72. The lowest BCUT2D eigenvalue weighted by Crippen LogP contribution is -2.10. The molecule has 0 aliphatic rings. The molecule has 0 aliphatic heterocycles. The molecule has 2 rings (SSSR count). The molecule has 8 heteroatoms. The van der Waals surface area contributed by atoms with Crippen molar-refractivity contribution in [2.45, 2.75) is 20.4 Å². The Bertz CT molecular complexity index is 575. The number of rotatable bonds is 6. The Balaban J connectivity index is 2.10. The zero-order chi connectivity index (χ0) is 14.4. The number of ether oxygens (including phenoxy) is 1. The topological polar surface area (TPSA) is 97.7 Å². The molecule has 8 nitrogen and oxygen atoms in total. The van der Waals surface area contributed by atoms with Crippen LogP contribution in [0, 0.1) is 6.92 Å². The van der Waals surface area contributed by atoms with Gasteiger partial charge in [0.1, 0.15) is 5.82 Å². The summed E-state index contributed by atoms with van der Waals surface area (Å²) in [6, 6.07) is 2.10. The Hall–Kier alpha value is -2.51.